The van der Waals surface area contributed by atoms with Crippen molar-refractivity contribution in [2.24, 2.45) is 5.92 Å². The van der Waals surface area contributed by atoms with Gasteiger partial charge in [0.05, 0.1) is 0 Å². The summed E-state index contributed by atoms with van der Waals surface area (Å²) in [5, 5.41) is 11.8. The number of nitrogens with zero attached hydrogens (tertiary/aromatic N) is 2. The highest BCUT2D eigenvalue weighted by molar-refractivity contribution is 5.82. The van der Waals surface area contributed by atoms with E-state index in [4.69, 9.17) is 5.11 Å². The van der Waals surface area contributed by atoms with Gasteiger partial charge in [-0.1, -0.05) is 13.8 Å². The molecule has 1 saturated heterocycles. The van der Waals surface area contributed by atoms with Crippen LogP contribution in [0.5, 0.6) is 0 Å². The molecule has 0 radical (unpaired) electrons. The number of likely N-dealkylation sites (tertiary alicyclic amines) is 1. The molecule has 1 fully saturated rings. The molecule has 0 aromatic heterocycles. The second-order valence-corrected chi connectivity index (χ2v) is 6.15. The predicted octanol–water partition coefficient (Wildman–Crippen LogP) is 1.22. The second kappa shape index (κ2) is 7.47. The van der Waals surface area contributed by atoms with Crippen LogP contribution >= 0.6 is 0 Å². The van der Waals surface area contributed by atoms with E-state index >= 15 is 0 Å². The van der Waals surface area contributed by atoms with E-state index < -0.39 is 12.0 Å². The van der Waals surface area contributed by atoms with Crippen LogP contribution in [-0.2, 0) is 4.79 Å². The number of carbonyl (C=O) groups excluding carboxylic acids is 1. The third-order valence-corrected chi connectivity index (χ3v) is 3.78. The lowest BCUT2D eigenvalue weighted by Gasteiger charge is -2.35. The molecule has 0 spiro atoms. The normalized spacial score (nSPS) is 18.4. The van der Waals surface area contributed by atoms with E-state index in [1.165, 1.54) is 0 Å². The molecule has 0 aliphatic carbocycles. The predicted molar refractivity (Wildman–Crippen MR) is 77.7 cm³/mol. The Bertz CT molecular complexity index is 337. The summed E-state index contributed by atoms with van der Waals surface area (Å²) >= 11 is 0. The number of hydrogen-bond donors (Lipinski definition) is 2. The van der Waals surface area contributed by atoms with Crippen LogP contribution in [0.1, 0.15) is 33.1 Å². The van der Waals surface area contributed by atoms with Crippen LogP contribution in [0.15, 0.2) is 0 Å². The number of nitrogens with one attached hydrogen (secondary N) is 1. The molecule has 6 nitrogen and oxygen atoms in total. The molecule has 0 aromatic rings. The molecule has 6 heteroatoms. The minimum Gasteiger partial charge on any atom is -0.480 e. The van der Waals surface area contributed by atoms with Crippen molar-refractivity contribution >= 4 is 12.0 Å². The minimum absolute atomic E-state index is 0.232. The van der Waals surface area contributed by atoms with Gasteiger partial charge in [0, 0.05) is 19.1 Å². The van der Waals surface area contributed by atoms with Gasteiger partial charge in [0.2, 0.25) is 0 Å². The molecular formula is C14H27N3O3. The standard InChI is InChI=1S/C14H27N3O3/c1-10(2)9-12(13(18)19)15-14(20)17-7-5-11(6-8-17)16(3)4/h10-12H,5-9H2,1-4H3,(H,15,20)(H,18,19)/t12-/m1/s1. The fraction of sp³-hybridized carbons (Fsp3) is 0.857. The number of urea groups is 1. The van der Waals surface area contributed by atoms with E-state index in [2.05, 4.69) is 10.2 Å². The van der Waals surface area contributed by atoms with Crippen molar-refractivity contribution in [3.63, 3.8) is 0 Å². The molecule has 2 amide bonds. The van der Waals surface area contributed by atoms with Crippen LogP contribution in [0.3, 0.4) is 0 Å². The van der Waals surface area contributed by atoms with Gasteiger partial charge in [-0.05, 0) is 39.3 Å². The van der Waals surface area contributed by atoms with Crippen LogP contribution in [0.25, 0.3) is 0 Å². The van der Waals surface area contributed by atoms with Gasteiger partial charge in [-0.25, -0.2) is 9.59 Å². The first kappa shape index (κ1) is 16.8. The number of piperidine rings is 1. The topological polar surface area (TPSA) is 72.9 Å². The van der Waals surface area contributed by atoms with Gasteiger partial charge in [0.25, 0.3) is 0 Å². The van der Waals surface area contributed by atoms with Gasteiger partial charge in [-0.3, -0.25) is 0 Å². The van der Waals surface area contributed by atoms with Crippen molar-refractivity contribution in [1.29, 1.82) is 0 Å². The first-order valence-corrected chi connectivity index (χ1v) is 7.26. The fourth-order valence-electron chi connectivity index (χ4n) is 2.52. The number of carbonyl (C=O) groups is 2. The molecule has 0 bridgehead atoms. The van der Waals surface area contributed by atoms with Crippen LogP contribution < -0.4 is 5.32 Å². The number of carboxylic acids is 1. The molecule has 1 heterocycles. The second-order valence-electron chi connectivity index (χ2n) is 6.15. The van der Waals surface area contributed by atoms with Gasteiger partial charge in [0.15, 0.2) is 0 Å². The van der Waals surface area contributed by atoms with Gasteiger partial charge in [-0.2, -0.15) is 0 Å². The summed E-state index contributed by atoms with van der Waals surface area (Å²) in [5.41, 5.74) is 0. The van der Waals surface area contributed by atoms with E-state index in [-0.39, 0.29) is 11.9 Å². The molecule has 2 N–H and O–H groups in total. The summed E-state index contributed by atoms with van der Waals surface area (Å²) < 4.78 is 0. The van der Waals surface area contributed by atoms with E-state index in [1.807, 2.05) is 27.9 Å². The zero-order valence-corrected chi connectivity index (χ0v) is 12.9. The van der Waals surface area contributed by atoms with Gasteiger partial charge >= 0.3 is 12.0 Å². The zero-order chi connectivity index (χ0) is 15.3. The number of carboxylic acid groups (broad SMARTS) is 1. The van der Waals surface area contributed by atoms with Gasteiger partial charge in [0.1, 0.15) is 6.04 Å². The van der Waals surface area contributed by atoms with Gasteiger partial charge in [-0.15, -0.1) is 0 Å². The Balaban J connectivity index is 2.48. The first-order chi connectivity index (χ1) is 9.31. The number of amides is 2. The Labute approximate surface area is 121 Å². The lowest BCUT2D eigenvalue weighted by Crippen LogP contribution is -2.52. The highest BCUT2D eigenvalue weighted by Crippen LogP contribution is 2.14. The van der Waals surface area contributed by atoms with Gasteiger partial charge < -0.3 is 20.2 Å². The Morgan fingerprint density at radius 2 is 1.85 bits per heavy atom. The molecule has 1 atom stereocenters. The lowest BCUT2D eigenvalue weighted by atomic mass is 10.0. The molecule has 116 valence electrons. The van der Waals surface area contributed by atoms with E-state index in [1.54, 1.807) is 4.90 Å². The maximum atomic E-state index is 12.1. The highest BCUT2D eigenvalue weighted by atomic mass is 16.4. The lowest BCUT2D eigenvalue weighted by molar-refractivity contribution is -0.139. The number of aliphatic carboxylic acids is 1. The molecular weight excluding hydrogens is 258 g/mol. The smallest absolute Gasteiger partial charge is 0.326 e. The van der Waals surface area contributed by atoms with Crippen molar-refractivity contribution in [3.8, 4) is 0 Å². The van der Waals surface area contributed by atoms with Crippen LogP contribution in [-0.4, -0.2) is 66.2 Å². The third kappa shape index (κ3) is 5.00. The summed E-state index contributed by atoms with van der Waals surface area (Å²) in [7, 11) is 4.09. The summed E-state index contributed by atoms with van der Waals surface area (Å²) in [4.78, 5) is 27.2. The SMILES string of the molecule is CC(C)C[C@@H](NC(=O)N1CCC(N(C)C)CC1)C(=O)O. The van der Waals surface area contributed by atoms with Crippen LogP contribution in [0.2, 0.25) is 0 Å². The fourth-order valence-corrected chi connectivity index (χ4v) is 2.52. The summed E-state index contributed by atoms with van der Waals surface area (Å²) in [5.74, 6) is -0.730. The molecule has 1 rings (SSSR count). The molecule has 1 aliphatic rings. The van der Waals surface area contributed by atoms with Crippen molar-refractivity contribution in [3.05, 3.63) is 0 Å². The van der Waals surface area contributed by atoms with Crippen molar-refractivity contribution in [1.82, 2.24) is 15.1 Å². The van der Waals surface area contributed by atoms with E-state index in [0.29, 0.717) is 25.6 Å². The Morgan fingerprint density at radius 1 is 1.30 bits per heavy atom. The summed E-state index contributed by atoms with van der Waals surface area (Å²) in [6, 6.07) is -0.547. The molecule has 0 unspecified atom stereocenters. The number of rotatable bonds is 5. The average molecular weight is 285 g/mol. The molecule has 0 aromatic carbocycles. The summed E-state index contributed by atoms with van der Waals surface area (Å²) in [6.45, 7) is 5.26. The minimum atomic E-state index is -0.963. The van der Waals surface area contributed by atoms with Crippen LogP contribution in [0, 0.1) is 5.92 Å². The van der Waals surface area contributed by atoms with Crippen molar-refractivity contribution < 1.29 is 14.7 Å². The molecule has 20 heavy (non-hydrogen) atoms. The monoisotopic (exact) mass is 285 g/mol. The molecule has 1 aliphatic heterocycles. The molecule has 0 saturated carbocycles. The Kier molecular flexibility index (Phi) is 6.26. The van der Waals surface area contributed by atoms with Crippen molar-refractivity contribution in [2.75, 3.05) is 27.2 Å². The quantitative estimate of drug-likeness (QED) is 0.796. The Hall–Kier alpha value is -1.30. The third-order valence-electron chi connectivity index (χ3n) is 3.78. The van der Waals surface area contributed by atoms with E-state index in [9.17, 15) is 9.59 Å². The average Bonchev–Trinajstić information content (AvgIpc) is 2.37. The largest absolute Gasteiger partial charge is 0.480 e. The maximum Gasteiger partial charge on any atom is 0.326 e. The maximum absolute atomic E-state index is 12.1. The van der Waals surface area contributed by atoms with E-state index in [0.717, 1.165) is 12.8 Å². The van der Waals surface area contributed by atoms with Crippen LogP contribution in [0.4, 0.5) is 4.79 Å². The Morgan fingerprint density at radius 3 is 2.25 bits per heavy atom. The zero-order valence-electron chi connectivity index (χ0n) is 12.9. The first-order valence-electron chi connectivity index (χ1n) is 7.26. The summed E-state index contributed by atoms with van der Waals surface area (Å²) in [6.07, 6.45) is 2.32. The highest BCUT2D eigenvalue weighted by Gasteiger charge is 2.27. The number of hydrogen-bond acceptors (Lipinski definition) is 3. The van der Waals surface area contributed by atoms with Crippen molar-refractivity contribution in [2.45, 2.75) is 45.2 Å².